The zero-order chi connectivity index (χ0) is 14.9. The minimum absolute atomic E-state index is 0.00876. The summed E-state index contributed by atoms with van der Waals surface area (Å²) in [6.07, 6.45) is -1.95. The molecule has 0 radical (unpaired) electrons. The van der Waals surface area contributed by atoms with Crippen LogP contribution in [0.25, 0.3) is 0 Å². The molecular weight excluding hydrogens is 379 g/mol. The highest BCUT2D eigenvalue weighted by atomic mass is 127. The van der Waals surface area contributed by atoms with E-state index < -0.39 is 24.2 Å². The third-order valence-electron chi connectivity index (χ3n) is 3.00. The van der Waals surface area contributed by atoms with Crippen LogP contribution in [0.4, 0.5) is 10.5 Å². The number of hydrogen-bond acceptors (Lipinski definition) is 4. The highest BCUT2D eigenvalue weighted by Gasteiger charge is 2.32. The van der Waals surface area contributed by atoms with E-state index in [0.717, 1.165) is 3.57 Å². The van der Waals surface area contributed by atoms with Gasteiger partial charge in [0, 0.05) is 3.57 Å². The number of carboxylic acid groups (broad SMARTS) is 1. The summed E-state index contributed by atoms with van der Waals surface area (Å²) in [6, 6.07) is 4.08. The Morgan fingerprint density at radius 2 is 1.85 bits per heavy atom. The lowest BCUT2D eigenvalue weighted by molar-refractivity contribution is 0.0572. The van der Waals surface area contributed by atoms with Gasteiger partial charge in [0.05, 0.1) is 36.5 Å². The van der Waals surface area contributed by atoms with Crippen LogP contribution in [-0.4, -0.2) is 57.5 Å². The number of benzene rings is 1. The van der Waals surface area contributed by atoms with Gasteiger partial charge in [-0.3, -0.25) is 0 Å². The number of carboxylic acids is 1. The molecule has 20 heavy (non-hydrogen) atoms. The van der Waals surface area contributed by atoms with Gasteiger partial charge in [-0.15, -0.1) is 0 Å². The number of aliphatic hydroxyl groups excluding tert-OH is 2. The van der Waals surface area contributed by atoms with Crippen LogP contribution in [0.1, 0.15) is 10.4 Å². The second kappa shape index (κ2) is 5.94. The lowest BCUT2D eigenvalue weighted by atomic mass is 10.2. The number of nitrogens with one attached hydrogen (secondary N) is 1. The predicted molar refractivity (Wildman–Crippen MR) is 78.7 cm³/mol. The van der Waals surface area contributed by atoms with Crippen molar-refractivity contribution in [1.29, 1.82) is 0 Å². The molecule has 108 valence electrons. The van der Waals surface area contributed by atoms with Crippen molar-refractivity contribution in [2.24, 2.45) is 0 Å². The fraction of sp³-hybridized carbons (Fsp3) is 0.333. The molecule has 2 amide bonds. The average Bonchev–Trinajstić information content (AvgIpc) is 2.71. The third-order valence-corrected chi connectivity index (χ3v) is 3.67. The van der Waals surface area contributed by atoms with Gasteiger partial charge in [0.15, 0.2) is 0 Å². The van der Waals surface area contributed by atoms with Crippen LogP contribution in [0.3, 0.4) is 0 Å². The van der Waals surface area contributed by atoms with E-state index in [2.05, 4.69) is 5.32 Å². The number of nitrogens with zero attached hydrogens (tertiary/aromatic N) is 1. The van der Waals surface area contributed by atoms with Crippen molar-refractivity contribution >= 4 is 40.3 Å². The zero-order valence-electron chi connectivity index (χ0n) is 10.3. The Balaban J connectivity index is 2.14. The normalized spacial score (nSPS) is 21.9. The van der Waals surface area contributed by atoms with E-state index in [-0.39, 0.29) is 24.3 Å². The molecule has 0 saturated carbocycles. The quantitative estimate of drug-likeness (QED) is 0.550. The fourth-order valence-corrected chi connectivity index (χ4v) is 2.42. The number of likely N-dealkylation sites (tertiary alicyclic amines) is 1. The summed E-state index contributed by atoms with van der Waals surface area (Å²) in [5.41, 5.74) is 0.171. The molecule has 2 unspecified atom stereocenters. The molecule has 1 aromatic rings. The monoisotopic (exact) mass is 392 g/mol. The largest absolute Gasteiger partial charge is 0.478 e. The van der Waals surface area contributed by atoms with E-state index in [1.165, 1.54) is 17.0 Å². The van der Waals surface area contributed by atoms with Gasteiger partial charge >= 0.3 is 12.0 Å². The van der Waals surface area contributed by atoms with E-state index in [9.17, 15) is 19.8 Å². The highest BCUT2D eigenvalue weighted by molar-refractivity contribution is 14.1. The topological polar surface area (TPSA) is 110 Å². The number of carbonyl (C=O) groups excluding carboxylic acids is 1. The second-order valence-corrected chi connectivity index (χ2v) is 5.71. The lowest BCUT2D eigenvalue weighted by Gasteiger charge is -2.17. The Labute approximate surface area is 128 Å². The van der Waals surface area contributed by atoms with Crippen molar-refractivity contribution in [1.82, 2.24) is 4.90 Å². The third kappa shape index (κ3) is 3.19. The molecule has 8 heteroatoms. The molecular formula is C12H13IN2O5. The van der Waals surface area contributed by atoms with Gasteiger partial charge in [-0.05, 0) is 40.8 Å². The van der Waals surface area contributed by atoms with Gasteiger partial charge in [0.1, 0.15) is 0 Å². The van der Waals surface area contributed by atoms with Crippen LogP contribution in [0.5, 0.6) is 0 Å². The molecule has 7 nitrogen and oxygen atoms in total. The lowest BCUT2D eigenvalue weighted by Crippen LogP contribution is -2.34. The molecule has 0 spiro atoms. The molecule has 2 rings (SSSR count). The number of amides is 2. The molecule has 1 heterocycles. The summed E-state index contributed by atoms with van der Waals surface area (Å²) in [4.78, 5) is 24.3. The van der Waals surface area contributed by atoms with Crippen LogP contribution in [0.15, 0.2) is 18.2 Å². The molecule has 4 N–H and O–H groups in total. The number of hydrogen-bond donors (Lipinski definition) is 4. The average molecular weight is 392 g/mol. The summed E-state index contributed by atoms with van der Waals surface area (Å²) in [7, 11) is 0. The minimum atomic E-state index is -1.14. The van der Waals surface area contributed by atoms with E-state index in [1.807, 2.05) is 22.6 Å². The van der Waals surface area contributed by atoms with Crippen molar-refractivity contribution in [3.05, 3.63) is 27.3 Å². The Hall–Kier alpha value is -1.39. The highest BCUT2D eigenvalue weighted by Crippen LogP contribution is 2.20. The number of carbonyl (C=O) groups is 2. The van der Waals surface area contributed by atoms with E-state index in [1.54, 1.807) is 6.07 Å². The van der Waals surface area contributed by atoms with Gasteiger partial charge in [0.25, 0.3) is 0 Å². The van der Waals surface area contributed by atoms with Crippen molar-refractivity contribution in [2.45, 2.75) is 12.2 Å². The standard InChI is InChI=1S/C12H13IN2O5/c13-6-1-2-8(7(3-6)11(18)19)14-12(20)15-4-9(16)10(17)5-15/h1-3,9-10,16-17H,4-5H2,(H,14,20)(H,18,19). The van der Waals surface area contributed by atoms with Crippen LogP contribution in [0.2, 0.25) is 0 Å². The van der Waals surface area contributed by atoms with Crippen LogP contribution in [-0.2, 0) is 0 Å². The van der Waals surface area contributed by atoms with Crippen LogP contribution >= 0.6 is 22.6 Å². The Morgan fingerprint density at radius 1 is 1.25 bits per heavy atom. The Kier molecular flexibility index (Phi) is 4.45. The molecule has 0 aliphatic carbocycles. The Morgan fingerprint density at radius 3 is 2.40 bits per heavy atom. The summed E-state index contributed by atoms with van der Waals surface area (Å²) < 4.78 is 0.741. The van der Waals surface area contributed by atoms with E-state index in [0.29, 0.717) is 0 Å². The summed E-state index contributed by atoms with van der Waals surface area (Å²) in [5.74, 6) is -1.14. The van der Waals surface area contributed by atoms with Gasteiger partial charge in [0.2, 0.25) is 0 Å². The molecule has 1 saturated heterocycles. The van der Waals surface area contributed by atoms with E-state index >= 15 is 0 Å². The summed E-state index contributed by atoms with van der Waals surface area (Å²) in [6.45, 7) is 0.0273. The van der Waals surface area contributed by atoms with Gasteiger partial charge < -0.3 is 25.5 Å². The summed E-state index contributed by atoms with van der Waals surface area (Å²) in [5, 5.41) is 30.4. The number of aliphatic hydroxyl groups is 2. The molecule has 0 aromatic heterocycles. The van der Waals surface area contributed by atoms with Gasteiger partial charge in [-0.25, -0.2) is 9.59 Å². The zero-order valence-corrected chi connectivity index (χ0v) is 12.4. The predicted octanol–water partition coefficient (Wildman–Crippen LogP) is 0.559. The maximum Gasteiger partial charge on any atom is 0.337 e. The van der Waals surface area contributed by atoms with Crippen molar-refractivity contribution in [2.75, 3.05) is 18.4 Å². The fourth-order valence-electron chi connectivity index (χ4n) is 1.93. The SMILES string of the molecule is O=C(O)c1cc(I)ccc1NC(=O)N1CC(O)C(O)C1. The second-order valence-electron chi connectivity index (χ2n) is 4.46. The van der Waals surface area contributed by atoms with Crippen LogP contribution in [0, 0.1) is 3.57 Å². The number of anilines is 1. The minimum Gasteiger partial charge on any atom is -0.478 e. The first kappa shape index (κ1) is 15.0. The number of halogens is 1. The molecule has 2 atom stereocenters. The molecule has 1 aliphatic rings. The van der Waals surface area contributed by atoms with Crippen molar-refractivity contribution in [3.63, 3.8) is 0 Å². The number of β-amino-alcohol motifs (C(OH)–C–C–N with tert-alkyl or cyclic N) is 2. The maximum absolute atomic E-state index is 12.0. The van der Waals surface area contributed by atoms with Crippen molar-refractivity contribution in [3.8, 4) is 0 Å². The number of urea groups is 1. The maximum atomic E-state index is 12.0. The molecule has 1 aliphatic heterocycles. The van der Waals surface area contributed by atoms with Crippen molar-refractivity contribution < 1.29 is 24.9 Å². The first-order valence-electron chi connectivity index (χ1n) is 5.83. The van der Waals surface area contributed by atoms with E-state index in [4.69, 9.17) is 5.11 Å². The van der Waals surface area contributed by atoms with Gasteiger partial charge in [-0.2, -0.15) is 0 Å². The smallest absolute Gasteiger partial charge is 0.337 e. The van der Waals surface area contributed by atoms with Crippen LogP contribution < -0.4 is 5.32 Å². The number of rotatable bonds is 2. The first-order valence-corrected chi connectivity index (χ1v) is 6.91. The molecule has 1 fully saturated rings. The van der Waals surface area contributed by atoms with Gasteiger partial charge in [-0.1, -0.05) is 0 Å². The number of aromatic carboxylic acids is 1. The molecule has 1 aromatic carbocycles. The first-order chi connectivity index (χ1) is 9.38. The summed E-state index contributed by atoms with van der Waals surface area (Å²) >= 11 is 1.98. The molecule has 0 bridgehead atoms. The Bertz CT molecular complexity index is 541.